The summed E-state index contributed by atoms with van der Waals surface area (Å²) in [4.78, 5) is 2.44. The Balaban J connectivity index is 0.000000486. The molecule has 0 bridgehead atoms. The van der Waals surface area contributed by atoms with Gasteiger partial charge in [-0.3, -0.25) is 0 Å². The largest absolute Gasteiger partial charge is 0.341 e. The quantitative estimate of drug-likeness (QED) is 0.562. The van der Waals surface area contributed by atoms with Crippen LogP contribution in [0, 0.1) is 0 Å². The van der Waals surface area contributed by atoms with E-state index in [4.69, 9.17) is 17.4 Å². The number of primary sulfonamides is 1. The second-order valence-corrected chi connectivity index (χ2v) is 6.84. The maximum atomic E-state index is 10.9. The zero-order valence-electron chi connectivity index (χ0n) is 12.5. The molecule has 3 N–H and O–H groups in total. The zero-order chi connectivity index (χ0) is 16.5. The molecule has 0 aliphatic carbocycles. The summed E-state index contributed by atoms with van der Waals surface area (Å²) < 4.78 is 22.1. The second-order valence-electron chi connectivity index (χ2n) is 4.12. The van der Waals surface area contributed by atoms with Gasteiger partial charge < -0.3 is 10.2 Å². The van der Waals surface area contributed by atoms with Crippen molar-refractivity contribution >= 4 is 44.9 Å². The Morgan fingerprint density at radius 1 is 1.19 bits per heavy atom. The van der Waals surface area contributed by atoms with Crippen LogP contribution < -0.4 is 10.5 Å². The van der Waals surface area contributed by atoms with Gasteiger partial charge in [0.25, 0.3) is 0 Å². The van der Waals surface area contributed by atoms with Crippen LogP contribution >= 0.6 is 24.8 Å². The molecule has 21 heavy (non-hydrogen) atoms. The molecule has 0 radical (unpaired) electrons. The Morgan fingerprint density at radius 2 is 1.62 bits per heavy atom. The molecule has 0 spiro atoms. The number of anilines is 1. The second kappa shape index (κ2) is 10.1. The lowest BCUT2D eigenvalue weighted by Crippen LogP contribution is -2.21. The number of benzene rings is 1. The number of hydrogen-bond acceptors (Lipinski definition) is 4. The first-order chi connectivity index (χ1) is 9.74. The summed E-state index contributed by atoms with van der Waals surface area (Å²) in [5.74, 6) is 0. The van der Waals surface area contributed by atoms with E-state index in [0.29, 0.717) is 10.0 Å². The molecular formula is C13H23N3O2S3. The van der Waals surface area contributed by atoms with Crippen LogP contribution in [0.1, 0.15) is 20.8 Å². The molecule has 120 valence electrons. The van der Waals surface area contributed by atoms with Gasteiger partial charge in [0.15, 0.2) is 0 Å². The molecule has 0 aromatic heterocycles. The molecule has 1 aromatic rings. The number of hydrogen-bond donors (Lipinski definition) is 3. The molecule has 0 saturated carbocycles. The predicted molar refractivity (Wildman–Crippen MR) is 96.5 cm³/mol. The predicted octanol–water partition coefficient (Wildman–Crippen LogP) is 2.31. The highest BCUT2D eigenvalue weighted by Gasteiger charge is 2.06. The van der Waals surface area contributed by atoms with Gasteiger partial charge in [0.2, 0.25) is 10.0 Å². The smallest absolute Gasteiger partial charge is 0.238 e. The van der Waals surface area contributed by atoms with Crippen LogP contribution in [-0.4, -0.2) is 37.3 Å². The number of sulfonamides is 1. The minimum Gasteiger partial charge on any atom is -0.341 e. The van der Waals surface area contributed by atoms with Gasteiger partial charge >= 0.3 is 0 Å². The van der Waals surface area contributed by atoms with Crippen molar-refractivity contribution in [3.05, 3.63) is 24.3 Å². The SMILES string of the molecule is CCN(CC)CC.NS(=O)(=O)c1ccc(NC(=S)S)cc1. The van der Waals surface area contributed by atoms with Crippen LogP contribution in [0.4, 0.5) is 5.69 Å². The molecule has 0 aliphatic rings. The molecule has 0 aliphatic heterocycles. The van der Waals surface area contributed by atoms with Gasteiger partial charge in [0, 0.05) is 5.69 Å². The van der Waals surface area contributed by atoms with E-state index in [1.54, 1.807) is 12.1 Å². The van der Waals surface area contributed by atoms with Gasteiger partial charge in [0.05, 0.1) is 4.90 Å². The van der Waals surface area contributed by atoms with E-state index in [1.165, 1.54) is 31.8 Å². The van der Waals surface area contributed by atoms with Crippen molar-refractivity contribution in [3.8, 4) is 0 Å². The van der Waals surface area contributed by atoms with Gasteiger partial charge in [-0.25, -0.2) is 13.6 Å². The lowest BCUT2D eigenvalue weighted by Gasteiger charge is -2.13. The van der Waals surface area contributed by atoms with E-state index in [0.717, 1.165) is 0 Å². The van der Waals surface area contributed by atoms with Crippen LogP contribution in [0.25, 0.3) is 0 Å². The highest BCUT2D eigenvalue weighted by atomic mass is 32.2. The van der Waals surface area contributed by atoms with Crippen molar-refractivity contribution in [3.63, 3.8) is 0 Å². The molecule has 0 atom stereocenters. The van der Waals surface area contributed by atoms with Crippen LogP contribution in [-0.2, 0) is 10.0 Å². The van der Waals surface area contributed by atoms with Crippen molar-refractivity contribution in [2.24, 2.45) is 5.14 Å². The molecule has 0 saturated heterocycles. The first-order valence-corrected chi connectivity index (χ1v) is 8.99. The molecule has 0 fully saturated rings. The third-order valence-electron chi connectivity index (χ3n) is 2.78. The molecule has 8 heteroatoms. The van der Waals surface area contributed by atoms with Crippen molar-refractivity contribution in [1.29, 1.82) is 0 Å². The first kappa shape index (κ1) is 20.3. The molecule has 0 amide bonds. The van der Waals surface area contributed by atoms with Crippen molar-refractivity contribution < 1.29 is 8.42 Å². The number of rotatable bonds is 5. The first-order valence-electron chi connectivity index (χ1n) is 6.59. The van der Waals surface area contributed by atoms with E-state index in [1.807, 2.05) is 0 Å². The van der Waals surface area contributed by atoms with Crippen LogP contribution in [0.15, 0.2) is 29.2 Å². The van der Waals surface area contributed by atoms with E-state index in [2.05, 4.69) is 43.6 Å². The van der Waals surface area contributed by atoms with E-state index < -0.39 is 10.0 Å². The van der Waals surface area contributed by atoms with Gasteiger partial charge in [-0.15, -0.1) is 12.6 Å². The number of nitrogens with zero attached hydrogens (tertiary/aromatic N) is 1. The van der Waals surface area contributed by atoms with Gasteiger partial charge in [-0.1, -0.05) is 33.0 Å². The normalized spacial score (nSPS) is 10.8. The minimum absolute atomic E-state index is 0.0631. The van der Waals surface area contributed by atoms with E-state index in [-0.39, 0.29) is 4.90 Å². The Labute approximate surface area is 138 Å². The van der Waals surface area contributed by atoms with Crippen LogP contribution in [0.5, 0.6) is 0 Å². The third-order valence-corrected chi connectivity index (χ3v) is 3.92. The van der Waals surface area contributed by atoms with Gasteiger partial charge in [-0.2, -0.15) is 0 Å². The average Bonchev–Trinajstić information content (AvgIpc) is 2.40. The summed E-state index contributed by atoms with van der Waals surface area (Å²) in [7, 11) is -3.63. The van der Waals surface area contributed by atoms with Crippen molar-refractivity contribution in [2.45, 2.75) is 25.7 Å². The molecular weight excluding hydrogens is 326 g/mol. The van der Waals surface area contributed by atoms with Crippen molar-refractivity contribution in [2.75, 3.05) is 25.0 Å². The summed E-state index contributed by atoms with van der Waals surface area (Å²) in [6.07, 6.45) is 0. The summed E-state index contributed by atoms with van der Waals surface area (Å²) in [6, 6.07) is 5.90. The number of nitrogens with two attached hydrogens (primary N) is 1. The fourth-order valence-electron chi connectivity index (χ4n) is 1.52. The lowest BCUT2D eigenvalue weighted by atomic mass is 10.3. The minimum atomic E-state index is -3.63. The molecule has 1 rings (SSSR count). The third kappa shape index (κ3) is 9.05. The van der Waals surface area contributed by atoms with Crippen LogP contribution in [0.3, 0.4) is 0 Å². The maximum absolute atomic E-state index is 10.9. The zero-order valence-corrected chi connectivity index (χ0v) is 15.1. The molecule has 5 nitrogen and oxygen atoms in total. The molecule has 1 aromatic carbocycles. The summed E-state index contributed by atoms with van der Waals surface area (Å²) in [5.41, 5.74) is 0.664. The van der Waals surface area contributed by atoms with Crippen molar-refractivity contribution in [1.82, 2.24) is 4.90 Å². The summed E-state index contributed by atoms with van der Waals surface area (Å²) in [5, 5.41) is 7.66. The lowest BCUT2D eigenvalue weighted by molar-refractivity contribution is 0.321. The Bertz CT molecular complexity index is 521. The summed E-state index contributed by atoms with van der Waals surface area (Å²) in [6.45, 7) is 10.1. The maximum Gasteiger partial charge on any atom is 0.238 e. The Kier molecular flexibility index (Phi) is 9.80. The Hall–Kier alpha value is -0.670. The molecule has 0 heterocycles. The van der Waals surface area contributed by atoms with E-state index >= 15 is 0 Å². The Morgan fingerprint density at radius 3 is 1.86 bits per heavy atom. The number of nitrogens with one attached hydrogen (secondary N) is 1. The fraction of sp³-hybridized carbons (Fsp3) is 0.462. The van der Waals surface area contributed by atoms with E-state index in [9.17, 15) is 8.42 Å². The highest BCUT2D eigenvalue weighted by molar-refractivity contribution is 8.11. The van der Waals surface area contributed by atoms with Crippen LogP contribution in [0.2, 0.25) is 0 Å². The number of thiocarbonyl (C=S) groups is 1. The number of thiol groups is 1. The monoisotopic (exact) mass is 349 g/mol. The van der Waals surface area contributed by atoms with Gasteiger partial charge in [-0.05, 0) is 43.9 Å². The molecule has 0 unspecified atom stereocenters. The summed E-state index contributed by atoms with van der Waals surface area (Å²) >= 11 is 8.56. The standard InChI is InChI=1S/C7H8N2O2S3.C6H15N/c8-14(10,11)6-3-1-5(2-4-6)9-7(12)13;1-4-7(5-2)6-3/h1-4H,(H2,8,10,11)(H2,9,12,13);4-6H2,1-3H3. The highest BCUT2D eigenvalue weighted by Crippen LogP contribution is 2.12. The fourth-order valence-corrected chi connectivity index (χ4v) is 2.28. The van der Waals surface area contributed by atoms with Gasteiger partial charge in [0.1, 0.15) is 4.32 Å². The average molecular weight is 350 g/mol. The topological polar surface area (TPSA) is 75.4 Å².